The number of hydrogen-bond donors (Lipinski definition) is 0. The van der Waals surface area contributed by atoms with Crippen LogP contribution in [-0.2, 0) is 0 Å². The minimum absolute atomic E-state index is 0.479. The highest BCUT2D eigenvalue weighted by Crippen LogP contribution is 2.55. The highest BCUT2D eigenvalue weighted by molar-refractivity contribution is 8.04. The van der Waals surface area contributed by atoms with Crippen LogP contribution in [0.5, 0.6) is 0 Å². The zero-order valence-corrected chi connectivity index (χ0v) is 15.3. The van der Waals surface area contributed by atoms with Crippen LogP contribution in [0.25, 0.3) is 5.57 Å². The summed E-state index contributed by atoms with van der Waals surface area (Å²) < 4.78 is 0. The second-order valence-electron chi connectivity index (χ2n) is 6.89. The molecule has 0 N–H and O–H groups in total. The van der Waals surface area contributed by atoms with Crippen molar-refractivity contribution in [2.45, 2.75) is 5.25 Å². The van der Waals surface area contributed by atoms with E-state index >= 15 is 0 Å². The van der Waals surface area contributed by atoms with E-state index in [0.717, 1.165) is 0 Å². The third kappa shape index (κ3) is 2.64. The van der Waals surface area contributed by atoms with E-state index < -0.39 is 0 Å². The Hall–Kier alpha value is -2.51. The summed E-state index contributed by atoms with van der Waals surface area (Å²) in [5.41, 5.74) is 5.46. The first-order valence-electron chi connectivity index (χ1n) is 9.17. The van der Waals surface area contributed by atoms with Crippen LogP contribution in [0.1, 0.15) is 11.1 Å². The Kier molecular flexibility index (Phi) is 4.03. The lowest BCUT2D eigenvalue weighted by molar-refractivity contribution is 0.589. The standard InChI is InChI=1S/C25H20S/c1-4-10-18(11-5-1)24(19-12-6-2-7-13-19)21-16-17-23-25(21)20-14-8-3-9-15-22(20)26-23/h1-17,20,23,25H/t20-,23-,25+/m1/s1. The van der Waals surface area contributed by atoms with Gasteiger partial charge in [-0.25, -0.2) is 0 Å². The van der Waals surface area contributed by atoms with Crippen LogP contribution in [0.15, 0.2) is 114 Å². The van der Waals surface area contributed by atoms with Crippen LogP contribution >= 0.6 is 11.8 Å². The molecule has 1 aliphatic heterocycles. The summed E-state index contributed by atoms with van der Waals surface area (Å²) in [5, 5.41) is 0.542. The normalized spacial score (nSPS) is 25.6. The molecule has 0 aromatic heterocycles. The fourth-order valence-electron chi connectivity index (χ4n) is 4.25. The Morgan fingerprint density at radius 3 is 2.12 bits per heavy atom. The summed E-state index contributed by atoms with van der Waals surface area (Å²) >= 11 is 2.03. The maximum absolute atomic E-state index is 2.41. The molecule has 0 saturated carbocycles. The number of allylic oxidation sites excluding steroid dienone is 8. The predicted molar refractivity (Wildman–Crippen MR) is 113 cm³/mol. The summed E-state index contributed by atoms with van der Waals surface area (Å²) in [7, 11) is 0. The van der Waals surface area contributed by atoms with E-state index in [9.17, 15) is 0 Å². The maximum atomic E-state index is 2.41. The molecule has 2 aromatic carbocycles. The zero-order valence-electron chi connectivity index (χ0n) is 14.5. The number of fused-ring (bicyclic) bond motifs is 3. The topological polar surface area (TPSA) is 0 Å². The summed E-state index contributed by atoms with van der Waals surface area (Å²) in [6.07, 6.45) is 16.0. The number of hydrogen-bond acceptors (Lipinski definition) is 1. The molecule has 0 unspecified atom stereocenters. The lowest BCUT2D eigenvalue weighted by atomic mass is 9.81. The molecular formula is C25H20S. The van der Waals surface area contributed by atoms with Gasteiger partial charge in [-0.1, -0.05) is 103 Å². The molecule has 0 radical (unpaired) electrons. The van der Waals surface area contributed by atoms with Gasteiger partial charge in [-0.15, -0.1) is 11.8 Å². The minimum Gasteiger partial charge on any atom is -0.122 e. The first-order chi connectivity index (χ1) is 12.9. The Bertz CT molecular complexity index is 916. The summed E-state index contributed by atoms with van der Waals surface area (Å²) in [6, 6.07) is 21.7. The number of rotatable bonds is 2. The first-order valence-corrected chi connectivity index (χ1v) is 10.0. The Morgan fingerprint density at radius 1 is 0.731 bits per heavy atom. The van der Waals surface area contributed by atoms with Gasteiger partial charge in [0.2, 0.25) is 0 Å². The SMILES string of the molecule is C1=CC=C2S[C@@H]3C=CC(=C(c4ccccc4)c4ccccc4)[C@@H]3[C@@H]2C=C1. The van der Waals surface area contributed by atoms with Gasteiger partial charge in [0.25, 0.3) is 0 Å². The van der Waals surface area contributed by atoms with Crippen LogP contribution in [0, 0.1) is 11.8 Å². The molecule has 126 valence electrons. The van der Waals surface area contributed by atoms with Crippen molar-refractivity contribution in [1.82, 2.24) is 0 Å². The van der Waals surface area contributed by atoms with Crippen molar-refractivity contribution < 1.29 is 0 Å². The van der Waals surface area contributed by atoms with Crippen LogP contribution < -0.4 is 0 Å². The summed E-state index contributed by atoms with van der Waals surface area (Å²) in [6.45, 7) is 0. The van der Waals surface area contributed by atoms with Gasteiger partial charge in [-0.2, -0.15) is 0 Å². The third-order valence-electron chi connectivity index (χ3n) is 5.38. The van der Waals surface area contributed by atoms with Gasteiger partial charge >= 0.3 is 0 Å². The molecule has 5 rings (SSSR count). The van der Waals surface area contributed by atoms with Gasteiger partial charge < -0.3 is 0 Å². The summed E-state index contributed by atoms with van der Waals surface area (Å²) in [5.74, 6) is 0.991. The lowest BCUT2D eigenvalue weighted by Gasteiger charge is -2.21. The van der Waals surface area contributed by atoms with Crippen LogP contribution in [0.2, 0.25) is 0 Å². The van der Waals surface area contributed by atoms with Gasteiger partial charge in [-0.05, 0) is 27.2 Å². The third-order valence-corrected chi connectivity index (χ3v) is 6.78. The van der Waals surface area contributed by atoms with Crippen molar-refractivity contribution in [1.29, 1.82) is 0 Å². The molecule has 0 spiro atoms. The first kappa shape index (κ1) is 15.7. The highest BCUT2D eigenvalue weighted by Gasteiger charge is 2.43. The molecule has 1 heterocycles. The van der Waals surface area contributed by atoms with E-state index in [2.05, 4.69) is 103 Å². The second-order valence-corrected chi connectivity index (χ2v) is 8.15. The quantitative estimate of drug-likeness (QED) is 0.601. The van der Waals surface area contributed by atoms with Crippen molar-refractivity contribution in [2.24, 2.45) is 11.8 Å². The maximum Gasteiger partial charge on any atom is 0.0352 e. The minimum atomic E-state index is 0.479. The van der Waals surface area contributed by atoms with Crippen molar-refractivity contribution in [3.63, 3.8) is 0 Å². The molecule has 1 heteroatoms. The van der Waals surface area contributed by atoms with E-state index in [1.165, 1.54) is 27.2 Å². The molecule has 1 fully saturated rings. The fourth-order valence-corrected chi connectivity index (χ4v) is 5.73. The molecule has 0 amide bonds. The molecule has 0 nitrogen and oxygen atoms in total. The molecule has 0 bridgehead atoms. The van der Waals surface area contributed by atoms with Crippen LogP contribution in [0.4, 0.5) is 0 Å². The van der Waals surface area contributed by atoms with Gasteiger partial charge in [-0.3, -0.25) is 0 Å². The monoisotopic (exact) mass is 352 g/mol. The second kappa shape index (κ2) is 6.66. The number of benzene rings is 2. The molecule has 3 aliphatic rings. The molecule has 2 aliphatic carbocycles. The van der Waals surface area contributed by atoms with Gasteiger partial charge in [0.05, 0.1) is 0 Å². The van der Waals surface area contributed by atoms with Crippen molar-refractivity contribution >= 4 is 17.3 Å². The van der Waals surface area contributed by atoms with E-state index in [1.807, 2.05) is 11.8 Å². The smallest absolute Gasteiger partial charge is 0.0352 e. The van der Waals surface area contributed by atoms with Crippen molar-refractivity contribution in [2.75, 3.05) is 0 Å². The highest BCUT2D eigenvalue weighted by atomic mass is 32.2. The fraction of sp³-hybridized carbons (Fsp3) is 0.120. The summed E-state index contributed by atoms with van der Waals surface area (Å²) in [4.78, 5) is 1.49. The molecule has 1 saturated heterocycles. The van der Waals surface area contributed by atoms with E-state index in [-0.39, 0.29) is 0 Å². The molecule has 2 aromatic rings. The van der Waals surface area contributed by atoms with E-state index in [4.69, 9.17) is 0 Å². The van der Waals surface area contributed by atoms with E-state index in [0.29, 0.717) is 17.1 Å². The molecule has 3 atom stereocenters. The van der Waals surface area contributed by atoms with Crippen molar-refractivity contribution in [3.05, 3.63) is 125 Å². The van der Waals surface area contributed by atoms with Crippen LogP contribution in [0.3, 0.4) is 0 Å². The van der Waals surface area contributed by atoms with Crippen LogP contribution in [-0.4, -0.2) is 5.25 Å². The van der Waals surface area contributed by atoms with Crippen molar-refractivity contribution in [3.8, 4) is 0 Å². The Morgan fingerprint density at radius 2 is 1.42 bits per heavy atom. The van der Waals surface area contributed by atoms with Gasteiger partial charge in [0.1, 0.15) is 0 Å². The average molecular weight is 353 g/mol. The Labute approximate surface area is 159 Å². The van der Waals surface area contributed by atoms with Gasteiger partial charge in [0, 0.05) is 17.1 Å². The number of thioether (sulfide) groups is 1. The van der Waals surface area contributed by atoms with Gasteiger partial charge in [0.15, 0.2) is 0 Å². The largest absolute Gasteiger partial charge is 0.122 e. The predicted octanol–water partition coefficient (Wildman–Crippen LogP) is 6.42. The Balaban J connectivity index is 1.70. The van der Waals surface area contributed by atoms with E-state index in [1.54, 1.807) is 0 Å². The molecule has 26 heavy (non-hydrogen) atoms. The lowest BCUT2D eigenvalue weighted by Crippen LogP contribution is -2.15. The average Bonchev–Trinajstić information content (AvgIpc) is 3.16. The molecular weight excluding hydrogens is 332 g/mol. The zero-order chi connectivity index (χ0) is 17.3.